The van der Waals surface area contributed by atoms with Gasteiger partial charge in [-0.3, -0.25) is 9.59 Å². The SMILES string of the molecule is CCOC(=O)CN(C(=O)Cc1csc(N)n1)C(C)C. The van der Waals surface area contributed by atoms with Crippen LogP contribution in [0.5, 0.6) is 0 Å². The first-order valence-corrected chi connectivity index (χ1v) is 6.97. The molecule has 6 nitrogen and oxygen atoms in total. The molecule has 0 saturated heterocycles. The lowest BCUT2D eigenvalue weighted by atomic mass is 10.2. The molecule has 1 amide bonds. The highest BCUT2D eigenvalue weighted by molar-refractivity contribution is 7.13. The summed E-state index contributed by atoms with van der Waals surface area (Å²) in [6.45, 7) is 5.71. The van der Waals surface area contributed by atoms with E-state index in [4.69, 9.17) is 10.5 Å². The zero-order valence-corrected chi connectivity index (χ0v) is 12.2. The fourth-order valence-corrected chi connectivity index (χ4v) is 2.13. The van der Waals surface area contributed by atoms with Crippen LogP contribution in [0.3, 0.4) is 0 Å². The summed E-state index contributed by atoms with van der Waals surface area (Å²) in [6, 6.07) is -0.0760. The topological polar surface area (TPSA) is 85.5 Å². The Morgan fingerprint density at radius 3 is 2.68 bits per heavy atom. The van der Waals surface area contributed by atoms with E-state index in [-0.39, 0.29) is 24.9 Å². The van der Waals surface area contributed by atoms with Crippen molar-refractivity contribution in [1.29, 1.82) is 0 Å². The van der Waals surface area contributed by atoms with Gasteiger partial charge in [-0.1, -0.05) is 0 Å². The van der Waals surface area contributed by atoms with E-state index in [1.165, 1.54) is 16.2 Å². The van der Waals surface area contributed by atoms with E-state index < -0.39 is 5.97 Å². The Morgan fingerprint density at radius 2 is 2.21 bits per heavy atom. The number of nitrogen functional groups attached to an aromatic ring is 1. The third-order valence-electron chi connectivity index (χ3n) is 2.45. The Morgan fingerprint density at radius 1 is 1.53 bits per heavy atom. The van der Waals surface area contributed by atoms with Crippen molar-refractivity contribution < 1.29 is 14.3 Å². The van der Waals surface area contributed by atoms with Gasteiger partial charge in [0, 0.05) is 11.4 Å². The molecule has 1 rings (SSSR count). The average molecular weight is 285 g/mol. The highest BCUT2D eigenvalue weighted by Crippen LogP contribution is 2.13. The van der Waals surface area contributed by atoms with E-state index in [0.717, 1.165) is 0 Å². The van der Waals surface area contributed by atoms with Crippen LogP contribution in [0, 0.1) is 0 Å². The first-order valence-electron chi connectivity index (χ1n) is 6.09. The summed E-state index contributed by atoms with van der Waals surface area (Å²) in [6.07, 6.45) is 0.144. The number of carbonyl (C=O) groups is 2. The fourth-order valence-electron chi connectivity index (χ4n) is 1.56. The molecule has 0 unspecified atom stereocenters. The van der Waals surface area contributed by atoms with Crippen LogP contribution in [0.15, 0.2) is 5.38 Å². The van der Waals surface area contributed by atoms with Crippen LogP contribution in [0.25, 0.3) is 0 Å². The molecule has 0 bridgehead atoms. The summed E-state index contributed by atoms with van der Waals surface area (Å²) in [5, 5.41) is 2.18. The molecule has 0 aliphatic carbocycles. The molecular formula is C12H19N3O3S. The zero-order valence-electron chi connectivity index (χ0n) is 11.4. The molecule has 0 saturated carbocycles. The molecule has 7 heteroatoms. The Hall–Kier alpha value is -1.63. The van der Waals surface area contributed by atoms with Crippen LogP contribution < -0.4 is 5.73 Å². The number of esters is 1. The van der Waals surface area contributed by atoms with E-state index in [1.807, 2.05) is 13.8 Å². The Balaban J connectivity index is 2.65. The first kappa shape index (κ1) is 15.4. The minimum Gasteiger partial charge on any atom is -0.465 e. The Labute approximate surface area is 116 Å². The van der Waals surface area contributed by atoms with Crippen molar-refractivity contribution in [3.63, 3.8) is 0 Å². The molecule has 0 aromatic carbocycles. The number of carbonyl (C=O) groups excluding carboxylic acids is 2. The van der Waals surface area contributed by atoms with E-state index in [9.17, 15) is 9.59 Å². The van der Waals surface area contributed by atoms with Crippen molar-refractivity contribution >= 4 is 28.3 Å². The molecule has 0 atom stereocenters. The smallest absolute Gasteiger partial charge is 0.325 e. The average Bonchev–Trinajstić information content (AvgIpc) is 2.71. The predicted molar refractivity (Wildman–Crippen MR) is 73.7 cm³/mol. The minimum absolute atomic E-state index is 0.0377. The maximum atomic E-state index is 12.1. The largest absolute Gasteiger partial charge is 0.465 e. The van der Waals surface area contributed by atoms with Crippen LogP contribution >= 0.6 is 11.3 Å². The number of amides is 1. The number of hydrogen-bond acceptors (Lipinski definition) is 6. The first-order chi connectivity index (χ1) is 8.93. The minimum atomic E-state index is -0.401. The summed E-state index contributed by atoms with van der Waals surface area (Å²) < 4.78 is 4.86. The van der Waals surface area contributed by atoms with Gasteiger partial charge in [-0.2, -0.15) is 0 Å². The molecule has 0 fully saturated rings. The van der Waals surface area contributed by atoms with Crippen LogP contribution in [-0.4, -0.2) is 41.0 Å². The predicted octanol–water partition coefficient (Wildman–Crippen LogP) is 1.07. The molecule has 0 aliphatic rings. The molecular weight excluding hydrogens is 266 g/mol. The van der Waals surface area contributed by atoms with Crippen molar-refractivity contribution in [2.45, 2.75) is 33.2 Å². The molecule has 0 aliphatic heterocycles. The number of nitrogens with two attached hydrogens (primary N) is 1. The summed E-state index contributed by atoms with van der Waals surface area (Å²) in [4.78, 5) is 29.1. The van der Waals surface area contributed by atoms with Gasteiger partial charge in [-0.15, -0.1) is 11.3 Å². The van der Waals surface area contributed by atoms with Crippen LogP contribution in [0.4, 0.5) is 5.13 Å². The molecule has 0 spiro atoms. The second-order valence-electron chi connectivity index (χ2n) is 4.27. The van der Waals surface area contributed by atoms with Crippen molar-refractivity contribution in [1.82, 2.24) is 9.88 Å². The summed E-state index contributed by atoms with van der Waals surface area (Å²) in [5.41, 5.74) is 6.15. The van der Waals surface area contributed by atoms with Gasteiger partial charge in [0.1, 0.15) is 6.54 Å². The van der Waals surface area contributed by atoms with Crippen molar-refractivity contribution in [2.24, 2.45) is 0 Å². The van der Waals surface area contributed by atoms with Crippen molar-refractivity contribution in [3.8, 4) is 0 Å². The number of thiazole rings is 1. The maximum absolute atomic E-state index is 12.1. The Kier molecular flexibility index (Phi) is 5.75. The number of hydrogen-bond donors (Lipinski definition) is 1. The van der Waals surface area contributed by atoms with Crippen molar-refractivity contribution in [2.75, 3.05) is 18.9 Å². The normalized spacial score (nSPS) is 10.5. The standard InChI is InChI=1S/C12H19N3O3S/c1-4-18-11(17)6-15(8(2)3)10(16)5-9-7-19-12(13)14-9/h7-8H,4-6H2,1-3H3,(H2,13,14). The van der Waals surface area contributed by atoms with Crippen molar-refractivity contribution in [3.05, 3.63) is 11.1 Å². The van der Waals surface area contributed by atoms with Crippen LogP contribution in [0.1, 0.15) is 26.5 Å². The fraction of sp³-hybridized carbons (Fsp3) is 0.583. The van der Waals surface area contributed by atoms with Gasteiger partial charge in [0.15, 0.2) is 5.13 Å². The molecule has 19 heavy (non-hydrogen) atoms. The molecule has 106 valence electrons. The van der Waals surface area contributed by atoms with Gasteiger partial charge in [0.05, 0.1) is 18.7 Å². The Bertz CT molecular complexity index is 445. The highest BCUT2D eigenvalue weighted by atomic mass is 32.1. The van der Waals surface area contributed by atoms with E-state index in [1.54, 1.807) is 12.3 Å². The summed E-state index contributed by atoms with van der Waals surface area (Å²) in [7, 11) is 0. The van der Waals surface area contributed by atoms with Gasteiger partial charge in [0.25, 0.3) is 0 Å². The quantitative estimate of drug-likeness (QED) is 0.790. The number of nitrogens with zero attached hydrogens (tertiary/aromatic N) is 2. The second-order valence-corrected chi connectivity index (χ2v) is 5.16. The van der Waals surface area contributed by atoms with Crippen LogP contribution in [0.2, 0.25) is 0 Å². The highest BCUT2D eigenvalue weighted by Gasteiger charge is 2.21. The maximum Gasteiger partial charge on any atom is 0.325 e. The number of ether oxygens (including phenoxy) is 1. The van der Waals surface area contributed by atoms with E-state index in [2.05, 4.69) is 4.98 Å². The molecule has 1 aromatic rings. The lowest BCUT2D eigenvalue weighted by Crippen LogP contribution is -2.42. The van der Waals surface area contributed by atoms with Gasteiger partial charge in [-0.05, 0) is 20.8 Å². The third-order valence-corrected chi connectivity index (χ3v) is 3.17. The summed E-state index contributed by atoms with van der Waals surface area (Å²) in [5.74, 6) is -0.560. The lowest BCUT2D eigenvalue weighted by molar-refractivity contribution is -0.149. The second kappa shape index (κ2) is 7.08. The lowest BCUT2D eigenvalue weighted by Gasteiger charge is -2.25. The molecule has 1 heterocycles. The molecule has 1 aromatic heterocycles. The van der Waals surface area contributed by atoms with Gasteiger partial charge >= 0.3 is 5.97 Å². The number of aromatic nitrogens is 1. The van der Waals surface area contributed by atoms with Gasteiger partial charge in [-0.25, -0.2) is 4.98 Å². The number of anilines is 1. The number of rotatable bonds is 6. The van der Waals surface area contributed by atoms with Gasteiger partial charge in [0.2, 0.25) is 5.91 Å². The third kappa shape index (κ3) is 4.86. The van der Waals surface area contributed by atoms with Gasteiger partial charge < -0.3 is 15.4 Å². The van der Waals surface area contributed by atoms with Crippen LogP contribution in [-0.2, 0) is 20.7 Å². The zero-order chi connectivity index (χ0) is 14.4. The van der Waals surface area contributed by atoms with E-state index >= 15 is 0 Å². The summed E-state index contributed by atoms with van der Waals surface area (Å²) >= 11 is 1.29. The molecule has 0 radical (unpaired) electrons. The monoisotopic (exact) mass is 285 g/mol. The molecule has 2 N–H and O–H groups in total. The van der Waals surface area contributed by atoms with E-state index in [0.29, 0.717) is 17.4 Å².